The molecule has 0 aliphatic heterocycles. The number of halogens is 3. The number of amides is 2. The molecule has 1 rings (SSSR count). The van der Waals surface area contributed by atoms with Crippen LogP contribution in [-0.2, 0) is 15.8 Å². The molecule has 1 aromatic rings. The first kappa shape index (κ1) is 19.0. The molecular formula is C15H20F3N3O2. The highest BCUT2D eigenvalue weighted by Crippen LogP contribution is 2.34. The van der Waals surface area contributed by atoms with Crippen molar-refractivity contribution in [1.29, 1.82) is 0 Å². The van der Waals surface area contributed by atoms with Crippen molar-refractivity contribution in [3.05, 3.63) is 29.8 Å². The van der Waals surface area contributed by atoms with Crippen LogP contribution in [0.4, 0.5) is 18.9 Å². The van der Waals surface area contributed by atoms with E-state index in [-0.39, 0.29) is 6.54 Å². The molecule has 5 nitrogen and oxygen atoms in total. The lowest BCUT2D eigenvalue weighted by Crippen LogP contribution is -2.40. The van der Waals surface area contributed by atoms with E-state index in [4.69, 9.17) is 0 Å². The van der Waals surface area contributed by atoms with E-state index in [1.165, 1.54) is 12.1 Å². The van der Waals surface area contributed by atoms with Gasteiger partial charge in [0, 0.05) is 13.1 Å². The Morgan fingerprint density at radius 2 is 1.70 bits per heavy atom. The number of anilines is 1. The van der Waals surface area contributed by atoms with E-state index in [9.17, 15) is 22.8 Å². The predicted molar refractivity (Wildman–Crippen MR) is 80.9 cm³/mol. The summed E-state index contributed by atoms with van der Waals surface area (Å²) in [4.78, 5) is 25.4. The Morgan fingerprint density at radius 3 is 2.26 bits per heavy atom. The summed E-state index contributed by atoms with van der Waals surface area (Å²) in [6, 6.07) is 4.50. The summed E-state index contributed by atoms with van der Waals surface area (Å²) in [7, 11) is 0. The fraction of sp³-hybridized carbons (Fsp3) is 0.467. The third kappa shape index (κ3) is 5.90. The van der Waals surface area contributed by atoms with Crippen LogP contribution in [0.3, 0.4) is 0 Å². The first-order valence-electron chi connectivity index (χ1n) is 7.27. The Bertz CT molecular complexity index is 543. The van der Waals surface area contributed by atoms with Gasteiger partial charge in [-0.3, -0.25) is 9.59 Å². The molecule has 0 heterocycles. The summed E-state index contributed by atoms with van der Waals surface area (Å²) < 4.78 is 38.4. The first-order valence-corrected chi connectivity index (χ1v) is 7.27. The van der Waals surface area contributed by atoms with Gasteiger partial charge in [0.1, 0.15) is 0 Å². The van der Waals surface area contributed by atoms with E-state index in [0.29, 0.717) is 6.54 Å². The van der Waals surface area contributed by atoms with Crippen LogP contribution in [0.1, 0.15) is 19.4 Å². The summed E-state index contributed by atoms with van der Waals surface area (Å²) >= 11 is 0. The van der Waals surface area contributed by atoms with Crippen molar-refractivity contribution in [2.75, 3.05) is 31.5 Å². The van der Waals surface area contributed by atoms with Gasteiger partial charge in [-0.15, -0.1) is 0 Å². The minimum Gasteiger partial charge on any atom is -0.347 e. The molecule has 0 radical (unpaired) electrons. The van der Waals surface area contributed by atoms with E-state index in [1.807, 2.05) is 24.1 Å². The Balaban J connectivity index is 2.61. The van der Waals surface area contributed by atoms with Crippen molar-refractivity contribution in [1.82, 2.24) is 10.2 Å². The Kier molecular flexibility index (Phi) is 7.02. The van der Waals surface area contributed by atoms with Gasteiger partial charge in [0.2, 0.25) is 0 Å². The molecule has 0 unspecified atom stereocenters. The fourth-order valence-corrected chi connectivity index (χ4v) is 1.97. The van der Waals surface area contributed by atoms with Crippen molar-refractivity contribution in [3.8, 4) is 0 Å². The van der Waals surface area contributed by atoms with E-state index in [0.717, 1.165) is 25.2 Å². The molecule has 0 fully saturated rings. The second-order valence-corrected chi connectivity index (χ2v) is 4.78. The van der Waals surface area contributed by atoms with Crippen molar-refractivity contribution >= 4 is 17.5 Å². The van der Waals surface area contributed by atoms with Gasteiger partial charge in [-0.1, -0.05) is 26.0 Å². The van der Waals surface area contributed by atoms with Gasteiger partial charge in [-0.2, -0.15) is 13.2 Å². The maximum Gasteiger partial charge on any atom is 0.418 e. The third-order valence-corrected chi connectivity index (χ3v) is 3.29. The lowest BCUT2D eigenvalue weighted by atomic mass is 10.1. The molecule has 0 bridgehead atoms. The molecule has 0 spiro atoms. The molecule has 0 aliphatic carbocycles. The smallest absolute Gasteiger partial charge is 0.347 e. The molecule has 0 aliphatic rings. The zero-order valence-electron chi connectivity index (χ0n) is 13.0. The van der Waals surface area contributed by atoms with Gasteiger partial charge in [-0.25, -0.2) is 0 Å². The second kappa shape index (κ2) is 8.52. The SMILES string of the molecule is CCN(CC)CCNC(=O)C(=O)Nc1ccccc1C(F)(F)F. The maximum atomic E-state index is 12.8. The van der Waals surface area contributed by atoms with Crippen LogP contribution in [0.15, 0.2) is 24.3 Å². The van der Waals surface area contributed by atoms with Gasteiger partial charge in [0.05, 0.1) is 11.3 Å². The van der Waals surface area contributed by atoms with Gasteiger partial charge in [-0.05, 0) is 25.2 Å². The number of nitrogens with one attached hydrogen (secondary N) is 2. The van der Waals surface area contributed by atoms with Crippen LogP contribution < -0.4 is 10.6 Å². The van der Waals surface area contributed by atoms with Crippen molar-refractivity contribution in [3.63, 3.8) is 0 Å². The Morgan fingerprint density at radius 1 is 1.09 bits per heavy atom. The van der Waals surface area contributed by atoms with Crippen LogP contribution in [0.2, 0.25) is 0 Å². The van der Waals surface area contributed by atoms with E-state index < -0.39 is 29.2 Å². The highest BCUT2D eigenvalue weighted by Gasteiger charge is 2.33. The predicted octanol–water partition coefficient (Wildman–Crippen LogP) is 2.10. The van der Waals surface area contributed by atoms with Crippen molar-refractivity contribution in [2.24, 2.45) is 0 Å². The molecule has 0 saturated carbocycles. The number of para-hydroxylation sites is 1. The van der Waals surface area contributed by atoms with Gasteiger partial charge >= 0.3 is 18.0 Å². The molecule has 128 valence electrons. The molecular weight excluding hydrogens is 311 g/mol. The highest BCUT2D eigenvalue weighted by molar-refractivity contribution is 6.39. The largest absolute Gasteiger partial charge is 0.418 e. The van der Waals surface area contributed by atoms with Gasteiger partial charge in [0.15, 0.2) is 0 Å². The zero-order chi connectivity index (χ0) is 17.5. The minimum absolute atomic E-state index is 0.245. The van der Waals surface area contributed by atoms with Crippen LogP contribution >= 0.6 is 0 Å². The number of likely N-dealkylation sites (N-methyl/N-ethyl adjacent to an activating group) is 1. The lowest BCUT2D eigenvalue weighted by molar-refractivity contribution is -0.138. The Hall–Kier alpha value is -2.09. The molecule has 0 saturated heterocycles. The lowest BCUT2D eigenvalue weighted by Gasteiger charge is -2.18. The standard InChI is InChI=1S/C15H20F3N3O2/c1-3-21(4-2)10-9-19-13(22)14(23)20-12-8-6-5-7-11(12)15(16,17)18/h5-8H,3-4,9-10H2,1-2H3,(H,19,22)(H,20,23). The highest BCUT2D eigenvalue weighted by atomic mass is 19.4. The van der Waals surface area contributed by atoms with E-state index in [1.54, 1.807) is 0 Å². The number of rotatable bonds is 6. The number of carbonyl (C=O) groups is 2. The average molecular weight is 331 g/mol. The van der Waals surface area contributed by atoms with Crippen LogP contribution in [0.5, 0.6) is 0 Å². The van der Waals surface area contributed by atoms with Crippen molar-refractivity contribution < 1.29 is 22.8 Å². The summed E-state index contributed by atoms with van der Waals surface area (Å²) in [5, 5.41) is 4.38. The molecule has 0 aromatic heterocycles. The van der Waals surface area contributed by atoms with Crippen LogP contribution in [-0.4, -0.2) is 42.9 Å². The number of carbonyl (C=O) groups excluding carboxylic acids is 2. The molecule has 0 atom stereocenters. The first-order chi connectivity index (χ1) is 10.8. The van der Waals surface area contributed by atoms with Crippen LogP contribution in [0, 0.1) is 0 Å². The second-order valence-electron chi connectivity index (χ2n) is 4.78. The van der Waals surface area contributed by atoms with Crippen molar-refractivity contribution in [2.45, 2.75) is 20.0 Å². The Labute approximate surface area is 132 Å². The normalized spacial score (nSPS) is 11.4. The monoisotopic (exact) mass is 331 g/mol. The zero-order valence-corrected chi connectivity index (χ0v) is 13.0. The number of nitrogens with zero attached hydrogens (tertiary/aromatic N) is 1. The third-order valence-electron chi connectivity index (χ3n) is 3.29. The minimum atomic E-state index is -4.61. The molecule has 1 aromatic carbocycles. The molecule has 8 heteroatoms. The molecule has 2 N–H and O–H groups in total. The quantitative estimate of drug-likeness (QED) is 0.785. The summed E-state index contributed by atoms with van der Waals surface area (Å²) in [5.41, 5.74) is -1.44. The number of hydrogen-bond acceptors (Lipinski definition) is 3. The van der Waals surface area contributed by atoms with E-state index >= 15 is 0 Å². The van der Waals surface area contributed by atoms with Crippen LogP contribution in [0.25, 0.3) is 0 Å². The number of alkyl halides is 3. The average Bonchev–Trinajstić information content (AvgIpc) is 2.50. The summed E-state index contributed by atoms with van der Waals surface area (Å²) in [6.45, 7) is 6.34. The fourth-order valence-electron chi connectivity index (χ4n) is 1.97. The molecule has 2 amide bonds. The number of hydrogen-bond donors (Lipinski definition) is 2. The maximum absolute atomic E-state index is 12.8. The van der Waals surface area contributed by atoms with Gasteiger partial charge in [0.25, 0.3) is 0 Å². The topological polar surface area (TPSA) is 61.4 Å². The van der Waals surface area contributed by atoms with Gasteiger partial charge < -0.3 is 15.5 Å². The summed E-state index contributed by atoms with van der Waals surface area (Å²) in [6.07, 6.45) is -4.61. The summed E-state index contributed by atoms with van der Waals surface area (Å²) in [5.74, 6) is -2.09. The molecule has 23 heavy (non-hydrogen) atoms. The number of benzene rings is 1. The van der Waals surface area contributed by atoms with E-state index in [2.05, 4.69) is 5.32 Å².